The quantitative estimate of drug-likeness (QED) is 0.144. The van der Waals surface area contributed by atoms with Crippen LogP contribution >= 0.6 is 0 Å². The standard InChI is InChI=1S/C33H27NO7/c1-19-6-5-7-20(2)30(19)41-26-15-11-24(12-16-26)34-31(36)27-17-10-23(18-28(27)32(34)37)33(38)40-21(3)29(35)22-8-13-25(39-4)14-9-22/h5-18,21H,1-4H3. The van der Waals surface area contributed by atoms with E-state index >= 15 is 0 Å². The summed E-state index contributed by atoms with van der Waals surface area (Å²) in [6, 6.07) is 23.1. The summed E-state index contributed by atoms with van der Waals surface area (Å²) < 4.78 is 16.5. The number of aryl methyl sites for hydroxylation is 2. The maximum Gasteiger partial charge on any atom is 0.338 e. The number of amides is 2. The molecule has 0 spiro atoms. The van der Waals surface area contributed by atoms with E-state index in [1.165, 1.54) is 32.2 Å². The van der Waals surface area contributed by atoms with Gasteiger partial charge >= 0.3 is 5.97 Å². The van der Waals surface area contributed by atoms with Gasteiger partial charge in [0.1, 0.15) is 17.2 Å². The molecule has 1 unspecified atom stereocenters. The van der Waals surface area contributed by atoms with Gasteiger partial charge in [0, 0.05) is 5.56 Å². The van der Waals surface area contributed by atoms with Crippen LogP contribution in [0.3, 0.4) is 0 Å². The molecule has 0 aromatic heterocycles. The number of methoxy groups -OCH3 is 1. The number of carbonyl (C=O) groups excluding carboxylic acids is 4. The van der Waals surface area contributed by atoms with Crippen molar-refractivity contribution in [1.29, 1.82) is 0 Å². The average molecular weight is 550 g/mol. The highest BCUT2D eigenvalue weighted by molar-refractivity contribution is 6.34. The molecule has 2 amide bonds. The first-order chi connectivity index (χ1) is 19.7. The van der Waals surface area contributed by atoms with E-state index in [0.717, 1.165) is 21.8 Å². The van der Waals surface area contributed by atoms with Crippen molar-refractivity contribution in [3.8, 4) is 17.2 Å². The first-order valence-electron chi connectivity index (χ1n) is 12.9. The first kappa shape index (κ1) is 27.3. The molecule has 206 valence electrons. The monoisotopic (exact) mass is 549 g/mol. The second-order valence-corrected chi connectivity index (χ2v) is 9.66. The molecule has 4 aromatic carbocycles. The molecule has 0 fully saturated rings. The summed E-state index contributed by atoms with van der Waals surface area (Å²) in [5.74, 6) is -0.328. The van der Waals surface area contributed by atoms with Crippen LogP contribution in [0.2, 0.25) is 0 Å². The Labute approximate surface area is 237 Å². The molecule has 8 heteroatoms. The van der Waals surface area contributed by atoms with Crippen LogP contribution in [0, 0.1) is 13.8 Å². The van der Waals surface area contributed by atoms with Crippen molar-refractivity contribution < 1.29 is 33.4 Å². The molecular weight excluding hydrogens is 522 g/mol. The predicted molar refractivity (Wildman–Crippen MR) is 152 cm³/mol. The molecule has 1 aliphatic rings. The van der Waals surface area contributed by atoms with Crippen molar-refractivity contribution in [2.45, 2.75) is 26.9 Å². The second-order valence-electron chi connectivity index (χ2n) is 9.66. The van der Waals surface area contributed by atoms with Gasteiger partial charge in [0.15, 0.2) is 6.10 Å². The van der Waals surface area contributed by atoms with Crippen LogP contribution in [0.25, 0.3) is 0 Å². The average Bonchev–Trinajstić information content (AvgIpc) is 3.23. The lowest BCUT2D eigenvalue weighted by Crippen LogP contribution is -2.29. The van der Waals surface area contributed by atoms with Gasteiger partial charge in [0.2, 0.25) is 5.78 Å². The lowest BCUT2D eigenvalue weighted by atomic mass is 10.1. The molecular formula is C33H27NO7. The van der Waals surface area contributed by atoms with Crippen LogP contribution in [0.15, 0.2) is 84.9 Å². The minimum absolute atomic E-state index is 0.0541. The number of ketones is 1. The molecule has 0 saturated heterocycles. The zero-order chi connectivity index (χ0) is 29.3. The molecule has 5 rings (SSSR count). The SMILES string of the molecule is COc1ccc(C(=O)C(C)OC(=O)c2ccc3c(c2)C(=O)N(c2ccc(Oc4c(C)cccc4C)cc2)C3=O)cc1. The van der Waals surface area contributed by atoms with Gasteiger partial charge in [-0.2, -0.15) is 0 Å². The number of anilines is 1. The number of nitrogens with zero attached hydrogens (tertiary/aromatic N) is 1. The van der Waals surface area contributed by atoms with E-state index in [0.29, 0.717) is 22.7 Å². The molecule has 0 aliphatic carbocycles. The normalized spacial score (nSPS) is 13.0. The van der Waals surface area contributed by atoms with Crippen LogP contribution < -0.4 is 14.4 Å². The number of hydrogen-bond acceptors (Lipinski definition) is 7. The lowest BCUT2D eigenvalue weighted by Gasteiger charge is -2.15. The minimum atomic E-state index is -1.07. The first-order valence-corrected chi connectivity index (χ1v) is 12.9. The maximum absolute atomic E-state index is 13.3. The summed E-state index contributed by atoms with van der Waals surface area (Å²) in [6.07, 6.45) is -1.07. The summed E-state index contributed by atoms with van der Waals surface area (Å²) in [4.78, 5) is 53.0. The second kappa shape index (κ2) is 11.1. The highest BCUT2D eigenvalue weighted by atomic mass is 16.5. The highest BCUT2D eigenvalue weighted by Gasteiger charge is 2.37. The van der Waals surface area contributed by atoms with E-state index in [2.05, 4.69) is 0 Å². The number of para-hydroxylation sites is 1. The summed E-state index contributed by atoms with van der Waals surface area (Å²) in [5.41, 5.74) is 3.01. The molecule has 0 saturated carbocycles. The van der Waals surface area contributed by atoms with Crippen molar-refractivity contribution in [3.05, 3.63) is 118 Å². The van der Waals surface area contributed by atoms with Crippen molar-refractivity contribution in [3.63, 3.8) is 0 Å². The minimum Gasteiger partial charge on any atom is -0.497 e. The summed E-state index contributed by atoms with van der Waals surface area (Å²) in [6.45, 7) is 5.39. The van der Waals surface area contributed by atoms with Gasteiger partial charge in [-0.3, -0.25) is 14.4 Å². The van der Waals surface area contributed by atoms with Gasteiger partial charge in [-0.1, -0.05) is 18.2 Å². The van der Waals surface area contributed by atoms with Crippen molar-refractivity contribution in [2.24, 2.45) is 0 Å². The molecule has 0 bridgehead atoms. The molecule has 41 heavy (non-hydrogen) atoms. The Morgan fingerprint density at radius 2 is 1.32 bits per heavy atom. The van der Waals surface area contributed by atoms with Gasteiger partial charge in [-0.15, -0.1) is 0 Å². The number of rotatable bonds is 8. The fourth-order valence-electron chi connectivity index (χ4n) is 4.62. The largest absolute Gasteiger partial charge is 0.497 e. The third-order valence-corrected chi connectivity index (χ3v) is 6.87. The number of benzene rings is 4. The molecule has 1 heterocycles. The summed E-state index contributed by atoms with van der Waals surface area (Å²) >= 11 is 0. The van der Waals surface area contributed by atoms with Crippen molar-refractivity contribution in [1.82, 2.24) is 0 Å². The zero-order valence-corrected chi connectivity index (χ0v) is 23.0. The number of hydrogen-bond donors (Lipinski definition) is 0. The molecule has 0 N–H and O–H groups in total. The number of ether oxygens (including phenoxy) is 3. The van der Waals surface area contributed by atoms with E-state index in [9.17, 15) is 19.2 Å². The predicted octanol–water partition coefficient (Wildman–Crippen LogP) is 6.33. The number of carbonyl (C=O) groups is 4. The van der Waals surface area contributed by atoms with Crippen molar-refractivity contribution >= 4 is 29.3 Å². The van der Waals surface area contributed by atoms with E-state index < -0.39 is 23.9 Å². The van der Waals surface area contributed by atoms with Crippen LogP contribution in [0.5, 0.6) is 17.2 Å². The Bertz CT molecular complexity index is 1650. The molecule has 1 aliphatic heterocycles. The Morgan fingerprint density at radius 1 is 0.732 bits per heavy atom. The number of Topliss-reactive ketones (excluding diaryl/α,β-unsaturated/α-hetero) is 1. The Kier molecular flexibility index (Phi) is 7.40. The highest BCUT2D eigenvalue weighted by Crippen LogP contribution is 2.33. The van der Waals surface area contributed by atoms with Gasteiger partial charge < -0.3 is 14.2 Å². The molecule has 0 radical (unpaired) electrons. The zero-order valence-electron chi connectivity index (χ0n) is 23.0. The Morgan fingerprint density at radius 3 is 1.95 bits per heavy atom. The van der Waals surface area contributed by atoms with E-state index in [1.807, 2.05) is 32.0 Å². The number of esters is 1. The van der Waals surface area contributed by atoms with Gasteiger partial charge in [-0.05, 0) is 98.6 Å². The lowest BCUT2D eigenvalue weighted by molar-refractivity contribution is 0.0318. The van der Waals surface area contributed by atoms with Crippen LogP contribution in [-0.4, -0.2) is 36.8 Å². The third kappa shape index (κ3) is 5.32. The molecule has 8 nitrogen and oxygen atoms in total. The number of fused-ring (bicyclic) bond motifs is 1. The van der Waals surface area contributed by atoms with Crippen LogP contribution in [0.4, 0.5) is 5.69 Å². The Balaban J connectivity index is 1.30. The summed E-state index contributed by atoms with van der Waals surface area (Å²) in [7, 11) is 1.52. The van der Waals surface area contributed by atoms with Crippen LogP contribution in [0.1, 0.15) is 59.5 Å². The van der Waals surface area contributed by atoms with E-state index in [1.54, 1.807) is 48.5 Å². The Hall–Kier alpha value is -5.24. The van der Waals surface area contributed by atoms with Crippen LogP contribution in [-0.2, 0) is 4.74 Å². The topological polar surface area (TPSA) is 99.2 Å². The third-order valence-electron chi connectivity index (χ3n) is 6.87. The maximum atomic E-state index is 13.3. The fraction of sp³-hybridized carbons (Fsp3) is 0.152. The molecule has 4 aromatic rings. The number of imide groups is 1. The van der Waals surface area contributed by atoms with E-state index in [4.69, 9.17) is 14.2 Å². The van der Waals surface area contributed by atoms with Gasteiger partial charge in [-0.25, -0.2) is 9.69 Å². The smallest absolute Gasteiger partial charge is 0.338 e. The molecule has 1 atom stereocenters. The fourth-order valence-corrected chi connectivity index (χ4v) is 4.62. The van der Waals surface area contributed by atoms with Gasteiger partial charge in [0.25, 0.3) is 11.8 Å². The van der Waals surface area contributed by atoms with Gasteiger partial charge in [0.05, 0.1) is 29.5 Å². The van der Waals surface area contributed by atoms with Crippen molar-refractivity contribution in [2.75, 3.05) is 12.0 Å². The summed E-state index contributed by atoms with van der Waals surface area (Å²) in [5, 5.41) is 0. The van der Waals surface area contributed by atoms with E-state index in [-0.39, 0.29) is 22.5 Å².